The summed E-state index contributed by atoms with van der Waals surface area (Å²) in [5.74, 6) is -0.0474. The molecule has 1 saturated heterocycles. The second-order valence-electron chi connectivity index (χ2n) is 7.96. The fourth-order valence-corrected chi connectivity index (χ4v) is 4.91. The molecule has 0 radical (unpaired) electrons. The number of sulfonamides is 1. The van der Waals surface area contributed by atoms with Crippen LogP contribution >= 0.6 is 0 Å². The van der Waals surface area contributed by atoms with Gasteiger partial charge in [0.25, 0.3) is 0 Å². The van der Waals surface area contributed by atoms with E-state index in [9.17, 15) is 13.2 Å². The highest BCUT2D eigenvalue weighted by Gasteiger charge is 2.35. The van der Waals surface area contributed by atoms with Gasteiger partial charge in [0.2, 0.25) is 10.0 Å². The lowest BCUT2D eigenvalue weighted by Gasteiger charge is -2.36. The fourth-order valence-electron chi connectivity index (χ4n) is 3.26. The summed E-state index contributed by atoms with van der Waals surface area (Å²) in [5.41, 5.74) is 0.543. The minimum absolute atomic E-state index is 0.132. The van der Waals surface area contributed by atoms with Crippen LogP contribution in [-0.4, -0.2) is 36.9 Å². The predicted molar refractivity (Wildman–Crippen MR) is 97.7 cm³/mol. The van der Waals surface area contributed by atoms with Crippen LogP contribution in [0.4, 0.5) is 0 Å². The van der Waals surface area contributed by atoms with E-state index in [0.29, 0.717) is 30.7 Å². The van der Waals surface area contributed by atoms with Crippen molar-refractivity contribution in [3.63, 3.8) is 0 Å². The number of esters is 1. The number of ether oxygens (including phenoxy) is 1. The van der Waals surface area contributed by atoms with Gasteiger partial charge >= 0.3 is 5.97 Å². The summed E-state index contributed by atoms with van der Waals surface area (Å²) in [7, 11) is -3.49. The molecule has 1 aliphatic heterocycles. The number of carbonyl (C=O) groups excluding carboxylic acids is 1. The second-order valence-corrected chi connectivity index (χ2v) is 9.85. The van der Waals surface area contributed by atoms with Crippen LogP contribution in [0.5, 0.6) is 0 Å². The molecule has 0 saturated carbocycles. The number of hydrogen-bond acceptors (Lipinski definition) is 4. The first-order valence-corrected chi connectivity index (χ1v) is 10.2. The molecule has 140 valence electrons. The van der Waals surface area contributed by atoms with Gasteiger partial charge in [0.1, 0.15) is 5.60 Å². The van der Waals surface area contributed by atoms with Gasteiger partial charge in [-0.3, -0.25) is 4.79 Å². The van der Waals surface area contributed by atoms with Crippen molar-refractivity contribution in [2.75, 3.05) is 6.54 Å². The number of benzene rings is 1. The van der Waals surface area contributed by atoms with Gasteiger partial charge < -0.3 is 4.74 Å². The predicted octanol–water partition coefficient (Wildman–Crippen LogP) is 3.52. The fraction of sp³-hybridized carbons (Fsp3) is 0.632. The van der Waals surface area contributed by atoms with E-state index in [-0.39, 0.29) is 17.9 Å². The third-order valence-electron chi connectivity index (χ3n) is 4.43. The van der Waals surface area contributed by atoms with Crippen LogP contribution < -0.4 is 0 Å². The molecule has 0 bridgehead atoms. The van der Waals surface area contributed by atoms with Crippen molar-refractivity contribution in [3.8, 4) is 0 Å². The minimum Gasteiger partial charge on any atom is -0.460 e. The SMILES string of the molecule is Cc1ccc(S(=O)(=O)N2CC[C@@H](CC(=O)OC(C)(C)C)C[C@@H]2C)cc1. The highest BCUT2D eigenvalue weighted by Crippen LogP contribution is 2.30. The Hall–Kier alpha value is -1.40. The zero-order valence-electron chi connectivity index (χ0n) is 15.8. The van der Waals surface area contributed by atoms with Crippen LogP contribution in [0.15, 0.2) is 29.2 Å². The number of nitrogens with zero attached hydrogens (tertiary/aromatic N) is 1. The monoisotopic (exact) mass is 367 g/mol. The second kappa shape index (κ2) is 7.46. The largest absolute Gasteiger partial charge is 0.460 e. The zero-order valence-corrected chi connectivity index (χ0v) is 16.6. The summed E-state index contributed by atoms with van der Waals surface area (Å²) in [6.45, 7) is 9.83. The topological polar surface area (TPSA) is 63.7 Å². The van der Waals surface area contributed by atoms with Crippen molar-refractivity contribution < 1.29 is 17.9 Å². The zero-order chi connectivity index (χ0) is 18.8. The summed E-state index contributed by atoms with van der Waals surface area (Å²) in [6.07, 6.45) is 1.69. The van der Waals surface area contributed by atoms with Crippen LogP contribution in [0.2, 0.25) is 0 Å². The quantitative estimate of drug-likeness (QED) is 0.764. The molecule has 0 aromatic heterocycles. The Morgan fingerprint density at radius 3 is 2.36 bits per heavy atom. The number of rotatable bonds is 4. The standard InChI is InChI=1S/C19H29NO4S/c1-14-6-8-17(9-7-14)25(22,23)20-11-10-16(12-15(20)2)13-18(21)24-19(3,4)5/h6-9,15-16H,10-13H2,1-5H3/t15-,16+/m0/s1. The first kappa shape index (κ1) is 19.9. The van der Waals surface area contributed by atoms with E-state index in [4.69, 9.17) is 4.74 Å². The molecule has 2 rings (SSSR count). The first-order chi connectivity index (χ1) is 11.5. The van der Waals surface area contributed by atoms with Crippen molar-refractivity contribution in [2.24, 2.45) is 5.92 Å². The number of piperidine rings is 1. The van der Waals surface area contributed by atoms with E-state index in [1.54, 1.807) is 16.4 Å². The van der Waals surface area contributed by atoms with Gasteiger partial charge in [-0.05, 0) is 65.5 Å². The first-order valence-electron chi connectivity index (χ1n) is 8.79. The van der Waals surface area contributed by atoms with Gasteiger partial charge in [-0.15, -0.1) is 0 Å². The third kappa shape index (κ3) is 5.28. The van der Waals surface area contributed by atoms with E-state index >= 15 is 0 Å². The van der Waals surface area contributed by atoms with Gasteiger partial charge in [-0.2, -0.15) is 4.31 Å². The van der Waals surface area contributed by atoms with Crippen molar-refractivity contribution >= 4 is 16.0 Å². The third-order valence-corrected chi connectivity index (χ3v) is 6.45. The molecule has 5 nitrogen and oxygen atoms in total. The molecule has 0 N–H and O–H groups in total. The van der Waals surface area contributed by atoms with Gasteiger partial charge in [0.15, 0.2) is 0 Å². The maximum atomic E-state index is 12.9. The number of aryl methyl sites for hydroxylation is 1. The van der Waals surface area contributed by atoms with Crippen molar-refractivity contribution in [2.45, 2.75) is 70.4 Å². The summed E-state index contributed by atoms with van der Waals surface area (Å²) >= 11 is 0. The van der Waals surface area contributed by atoms with Gasteiger partial charge in [0, 0.05) is 19.0 Å². The Bertz CT molecular complexity index is 704. The molecular formula is C19H29NO4S. The number of hydrogen-bond donors (Lipinski definition) is 0. The van der Waals surface area contributed by atoms with Gasteiger partial charge in [-0.25, -0.2) is 8.42 Å². The molecule has 25 heavy (non-hydrogen) atoms. The number of carbonyl (C=O) groups is 1. The normalized spacial score (nSPS) is 22.6. The van der Waals surface area contributed by atoms with E-state index in [1.165, 1.54) is 0 Å². The smallest absolute Gasteiger partial charge is 0.306 e. The van der Waals surface area contributed by atoms with E-state index in [0.717, 1.165) is 5.56 Å². The summed E-state index contributed by atoms with van der Waals surface area (Å²) in [5, 5.41) is 0. The van der Waals surface area contributed by atoms with E-state index in [2.05, 4.69) is 0 Å². The molecule has 0 aliphatic carbocycles. The van der Waals surface area contributed by atoms with Crippen LogP contribution in [0.3, 0.4) is 0 Å². The van der Waals surface area contributed by atoms with Crippen LogP contribution in [0, 0.1) is 12.8 Å². The summed E-state index contributed by atoms with van der Waals surface area (Å²) in [6, 6.07) is 6.81. The highest BCUT2D eigenvalue weighted by atomic mass is 32.2. The summed E-state index contributed by atoms with van der Waals surface area (Å²) in [4.78, 5) is 12.3. The van der Waals surface area contributed by atoms with Crippen molar-refractivity contribution in [3.05, 3.63) is 29.8 Å². The molecule has 0 unspecified atom stereocenters. The highest BCUT2D eigenvalue weighted by molar-refractivity contribution is 7.89. The van der Waals surface area contributed by atoms with E-state index < -0.39 is 15.6 Å². The van der Waals surface area contributed by atoms with Gasteiger partial charge in [-0.1, -0.05) is 17.7 Å². The molecule has 0 amide bonds. The molecule has 1 aromatic carbocycles. The molecule has 1 aromatic rings. The average Bonchev–Trinajstić information content (AvgIpc) is 2.45. The maximum Gasteiger partial charge on any atom is 0.306 e. The van der Waals surface area contributed by atoms with Gasteiger partial charge in [0.05, 0.1) is 4.90 Å². The Labute approximate surface area is 151 Å². The van der Waals surface area contributed by atoms with E-state index in [1.807, 2.05) is 46.8 Å². The average molecular weight is 368 g/mol. The maximum absolute atomic E-state index is 12.9. The Balaban J connectivity index is 2.01. The van der Waals surface area contributed by atoms with Crippen molar-refractivity contribution in [1.82, 2.24) is 4.31 Å². The van der Waals surface area contributed by atoms with Crippen LogP contribution in [-0.2, 0) is 19.6 Å². The Kier molecular flexibility index (Phi) is 5.94. The molecule has 1 fully saturated rings. The molecule has 1 heterocycles. The van der Waals surface area contributed by atoms with Crippen LogP contribution in [0.1, 0.15) is 52.5 Å². The summed E-state index contributed by atoms with van der Waals surface area (Å²) < 4.78 is 32.7. The molecule has 2 atom stereocenters. The lowest BCUT2D eigenvalue weighted by molar-refractivity contribution is -0.156. The van der Waals surface area contributed by atoms with Crippen molar-refractivity contribution in [1.29, 1.82) is 0 Å². The molecular weight excluding hydrogens is 338 g/mol. The molecule has 0 spiro atoms. The lowest BCUT2D eigenvalue weighted by Crippen LogP contribution is -2.45. The Morgan fingerprint density at radius 2 is 1.84 bits per heavy atom. The Morgan fingerprint density at radius 1 is 1.24 bits per heavy atom. The minimum atomic E-state index is -3.49. The molecule has 6 heteroatoms. The lowest BCUT2D eigenvalue weighted by atomic mass is 9.90. The molecule has 1 aliphatic rings. The van der Waals surface area contributed by atoms with Crippen LogP contribution in [0.25, 0.3) is 0 Å².